The second kappa shape index (κ2) is 6.30. The van der Waals surface area contributed by atoms with Crippen LogP contribution in [0, 0.1) is 0 Å². The first-order chi connectivity index (χ1) is 9.81. The molecule has 0 radical (unpaired) electrons. The third-order valence-electron chi connectivity index (χ3n) is 3.09. The van der Waals surface area contributed by atoms with Crippen molar-refractivity contribution in [3.8, 4) is 0 Å². The first kappa shape index (κ1) is 16.2. The number of hydrogen-bond donors (Lipinski definition) is 2. The van der Waals surface area contributed by atoms with Gasteiger partial charge in [-0.1, -0.05) is 11.6 Å². The van der Waals surface area contributed by atoms with E-state index in [0.29, 0.717) is 23.7 Å². The van der Waals surface area contributed by atoms with Crippen LogP contribution in [-0.4, -0.2) is 49.4 Å². The monoisotopic (exact) mass is 352 g/mol. The largest absolute Gasteiger partial charge is 0.480 e. The fourth-order valence-corrected chi connectivity index (χ4v) is 4.60. The highest BCUT2D eigenvalue weighted by atomic mass is 35.5. The van der Waals surface area contributed by atoms with Gasteiger partial charge in [0, 0.05) is 6.54 Å². The lowest BCUT2D eigenvalue weighted by atomic mass is 10.2. The molecular weight excluding hydrogens is 340 g/mol. The number of amides is 1. The average Bonchev–Trinajstić information content (AvgIpc) is 3.04. The van der Waals surface area contributed by atoms with E-state index < -0.39 is 34.5 Å². The number of carboxylic acid groups (broad SMARTS) is 1. The molecule has 0 saturated carbocycles. The number of likely N-dealkylation sites (tertiary alicyclic amines) is 1. The summed E-state index contributed by atoms with van der Waals surface area (Å²) in [6.45, 7) is -0.149. The van der Waals surface area contributed by atoms with Gasteiger partial charge in [-0.25, -0.2) is 17.9 Å². The predicted octanol–water partition coefficient (Wildman–Crippen LogP) is 0.755. The molecule has 2 N–H and O–H groups in total. The van der Waals surface area contributed by atoms with Crippen molar-refractivity contribution in [1.29, 1.82) is 0 Å². The van der Waals surface area contributed by atoms with E-state index in [1.165, 1.54) is 17.0 Å². The number of aliphatic carboxylic acids is 1. The quantitative estimate of drug-likeness (QED) is 0.814. The van der Waals surface area contributed by atoms with Crippen LogP contribution in [0.2, 0.25) is 4.34 Å². The molecule has 1 amide bonds. The minimum absolute atomic E-state index is 0.0107. The maximum Gasteiger partial charge on any atom is 0.326 e. The average molecular weight is 353 g/mol. The fraction of sp³-hybridized carbons (Fsp3) is 0.455. The molecule has 0 aliphatic carbocycles. The topological polar surface area (TPSA) is 104 Å². The number of thiophene rings is 1. The Bertz CT molecular complexity index is 657. The summed E-state index contributed by atoms with van der Waals surface area (Å²) in [6, 6.07) is 1.91. The van der Waals surface area contributed by atoms with Crippen LogP contribution in [0.1, 0.15) is 12.8 Å². The normalized spacial score (nSPS) is 18.9. The van der Waals surface area contributed by atoms with E-state index in [1.807, 2.05) is 0 Å². The molecule has 1 saturated heterocycles. The summed E-state index contributed by atoms with van der Waals surface area (Å²) < 4.78 is 26.4. The SMILES string of the molecule is O=C(O)[C@H]1CCCN1C(=O)CNS(=O)(=O)c1ccc(Cl)s1. The molecule has 1 aromatic rings. The smallest absolute Gasteiger partial charge is 0.326 e. The number of hydrogen-bond acceptors (Lipinski definition) is 5. The van der Waals surface area contributed by atoms with Gasteiger partial charge in [0.1, 0.15) is 10.3 Å². The Balaban J connectivity index is 1.99. The van der Waals surface area contributed by atoms with E-state index in [4.69, 9.17) is 16.7 Å². The van der Waals surface area contributed by atoms with Crippen LogP contribution in [0.15, 0.2) is 16.3 Å². The molecule has 1 fully saturated rings. The summed E-state index contributed by atoms with van der Waals surface area (Å²) in [6.07, 6.45) is 0.977. The molecule has 1 atom stereocenters. The molecule has 1 aliphatic heterocycles. The van der Waals surface area contributed by atoms with Crippen LogP contribution < -0.4 is 4.72 Å². The molecule has 0 bridgehead atoms. The van der Waals surface area contributed by atoms with Crippen LogP contribution in [0.5, 0.6) is 0 Å². The van der Waals surface area contributed by atoms with Crippen molar-refractivity contribution in [2.45, 2.75) is 23.1 Å². The van der Waals surface area contributed by atoms with E-state index in [2.05, 4.69) is 4.72 Å². The minimum Gasteiger partial charge on any atom is -0.480 e. The first-order valence-electron chi connectivity index (χ1n) is 6.08. The molecule has 0 unspecified atom stereocenters. The molecule has 2 heterocycles. The number of carbonyl (C=O) groups is 2. The van der Waals surface area contributed by atoms with Crippen molar-refractivity contribution in [2.75, 3.05) is 13.1 Å². The second-order valence-electron chi connectivity index (χ2n) is 4.47. The molecule has 0 aromatic carbocycles. The first-order valence-corrected chi connectivity index (χ1v) is 8.76. The zero-order chi connectivity index (χ0) is 15.6. The molecule has 7 nitrogen and oxygen atoms in total. The van der Waals surface area contributed by atoms with Crippen LogP contribution >= 0.6 is 22.9 Å². The van der Waals surface area contributed by atoms with Gasteiger partial charge in [0.2, 0.25) is 5.91 Å². The van der Waals surface area contributed by atoms with Gasteiger partial charge < -0.3 is 10.0 Å². The lowest BCUT2D eigenvalue weighted by Crippen LogP contribution is -2.45. The Morgan fingerprint density at radius 3 is 2.76 bits per heavy atom. The van der Waals surface area contributed by atoms with Gasteiger partial charge >= 0.3 is 5.97 Å². The van der Waals surface area contributed by atoms with E-state index >= 15 is 0 Å². The van der Waals surface area contributed by atoms with Crippen molar-refractivity contribution in [2.24, 2.45) is 0 Å². The van der Waals surface area contributed by atoms with E-state index in [9.17, 15) is 18.0 Å². The van der Waals surface area contributed by atoms with E-state index in [1.54, 1.807) is 0 Å². The highest BCUT2D eigenvalue weighted by Gasteiger charge is 2.34. The van der Waals surface area contributed by atoms with E-state index in [-0.39, 0.29) is 4.21 Å². The molecule has 1 aliphatic rings. The van der Waals surface area contributed by atoms with Gasteiger partial charge in [-0.15, -0.1) is 11.3 Å². The molecule has 0 spiro atoms. The molecular formula is C11H13ClN2O5S2. The highest BCUT2D eigenvalue weighted by Crippen LogP contribution is 2.25. The summed E-state index contributed by atoms with van der Waals surface area (Å²) in [5.74, 6) is -1.63. The number of nitrogens with zero attached hydrogens (tertiary/aromatic N) is 1. The molecule has 10 heteroatoms. The number of halogens is 1. The lowest BCUT2D eigenvalue weighted by molar-refractivity contribution is -0.147. The number of carbonyl (C=O) groups excluding carboxylic acids is 1. The van der Waals surface area contributed by atoms with Gasteiger partial charge in [-0.05, 0) is 25.0 Å². The van der Waals surface area contributed by atoms with Crippen molar-refractivity contribution >= 4 is 44.8 Å². The van der Waals surface area contributed by atoms with Crippen LogP contribution in [0.4, 0.5) is 0 Å². The van der Waals surface area contributed by atoms with Gasteiger partial charge in [-0.2, -0.15) is 0 Å². The second-order valence-corrected chi connectivity index (χ2v) is 8.18. The standard InChI is InChI=1S/C11H13ClN2O5S2/c12-8-3-4-10(20-8)21(18,19)13-6-9(15)14-5-1-2-7(14)11(16)17/h3-4,7,13H,1-2,5-6H2,(H,16,17)/t7-/m1/s1. The summed E-state index contributed by atoms with van der Waals surface area (Å²) in [5.41, 5.74) is 0. The van der Waals surface area contributed by atoms with E-state index in [0.717, 1.165) is 11.3 Å². The Hall–Kier alpha value is -1.16. The molecule has 2 rings (SSSR count). The predicted molar refractivity (Wildman–Crippen MR) is 76.9 cm³/mol. The lowest BCUT2D eigenvalue weighted by Gasteiger charge is -2.21. The summed E-state index contributed by atoms with van der Waals surface area (Å²) in [4.78, 5) is 24.1. The number of nitrogens with one attached hydrogen (secondary N) is 1. The molecule has 21 heavy (non-hydrogen) atoms. The molecule has 116 valence electrons. The minimum atomic E-state index is -3.81. The maximum atomic E-state index is 12.0. The third-order valence-corrected chi connectivity index (χ3v) is 6.21. The highest BCUT2D eigenvalue weighted by molar-refractivity contribution is 7.91. The number of rotatable bonds is 5. The van der Waals surface area contributed by atoms with Crippen molar-refractivity contribution in [1.82, 2.24) is 9.62 Å². The summed E-state index contributed by atoms with van der Waals surface area (Å²) in [7, 11) is -3.81. The van der Waals surface area contributed by atoms with Gasteiger partial charge in [0.05, 0.1) is 10.9 Å². The zero-order valence-electron chi connectivity index (χ0n) is 10.8. The summed E-state index contributed by atoms with van der Waals surface area (Å²) >= 11 is 6.55. The Morgan fingerprint density at radius 2 is 2.19 bits per heavy atom. The number of carboxylic acids is 1. The number of sulfonamides is 1. The third kappa shape index (κ3) is 3.73. The zero-order valence-corrected chi connectivity index (χ0v) is 13.2. The van der Waals surface area contributed by atoms with Crippen molar-refractivity contribution in [3.63, 3.8) is 0 Å². The Morgan fingerprint density at radius 1 is 1.48 bits per heavy atom. The Kier molecular flexibility index (Phi) is 4.87. The van der Waals surface area contributed by atoms with Gasteiger partial charge in [-0.3, -0.25) is 4.79 Å². The van der Waals surface area contributed by atoms with Crippen molar-refractivity contribution in [3.05, 3.63) is 16.5 Å². The van der Waals surface area contributed by atoms with Crippen LogP contribution in [0.3, 0.4) is 0 Å². The van der Waals surface area contributed by atoms with Gasteiger partial charge in [0.25, 0.3) is 10.0 Å². The Labute approximate surface area is 130 Å². The molecule has 1 aromatic heterocycles. The van der Waals surface area contributed by atoms with Crippen molar-refractivity contribution < 1.29 is 23.1 Å². The summed E-state index contributed by atoms with van der Waals surface area (Å²) in [5, 5.41) is 9.00. The van der Waals surface area contributed by atoms with Crippen LogP contribution in [-0.2, 0) is 19.6 Å². The fourth-order valence-electron chi connectivity index (χ4n) is 2.09. The maximum absolute atomic E-state index is 12.0. The van der Waals surface area contributed by atoms with Gasteiger partial charge in [0.15, 0.2) is 0 Å². The van der Waals surface area contributed by atoms with Crippen LogP contribution in [0.25, 0.3) is 0 Å².